The molecule has 0 aliphatic carbocycles. The number of nitrogens with zero attached hydrogens (tertiary/aromatic N) is 2. The van der Waals surface area contributed by atoms with Gasteiger partial charge in [-0.3, -0.25) is 0 Å². The zero-order chi connectivity index (χ0) is 35.1. The van der Waals surface area contributed by atoms with Gasteiger partial charge in [-0.2, -0.15) is 0 Å². The molecule has 13 heteroatoms. The van der Waals surface area contributed by atoms with E-state index in [0.717, 1.165) is 11.1 Å². The molecule has 13 nitrogen and oxygen atoms in total. The van der Waals surface area contributed by atoms with Crippen LogP contribution in [0.5, 0.6) is 5.75 Å². The summed E-state index contributed by atoms with van der Waals surface area (Å²) < 4.78 is 26.1. The number of nitrogens with two attached hydrogens (primary N) is 1. The minimum absolute atomic E-state index is 0.00796. The minimum Gasteiger partial charge on any atom is -0.505 e. The van der Waals surface area contributed by atoms with Crippen LogP contribution in [-0.2, 0) is 20.8 Å². The van der Waals surface area contributed by atoms with E-state index in [2.05, 4.69) is 9.97 Å². The number of nitrogen functional groups attached to an aromatic ring is 1. The fourth-order valence-corrected chi connectivity index (χ4v) is 4.14. The number of aryl methyl sites for hydroxylation is 2. The Balaban J connectivity index is 0.000000222. The highest BCUT2D eigenvalue weighted by atomic mass is 16.7. The number of rotatable bonds is 8. The number of carboxylic acids is 1. The smallest absolute Gasteiger partial charge is 0.342 e. The molecule has 5 rings (SSSR count). The number of esters is 1. The molecule has 2 aromatic heterocycles. The van der Waals surface area contributed by atoms with E-state index in [-0.39, 0.29) is 29.6 Å². The van der Waals surface area contributed by atoms with Crippen molar-refractivity contribution in [3.05, 3.63) is 83.1 Å². The number of aromatic nitrogens is 2. The average molecular weight is 654 g/mol. The second kappa shape index (κ2) is 18.2. The van der Waals surface area contributed by atoms with Crippen molar-refractivity contribution in [2.75, 3.05) is 25.6 Å². The first-order valence-corrected chi connectivity index (χ1v) is 14.9. The summed E-state index contributed by atoms with van der Waals surface area (Å²) in [7, 11) is 0. The van der Waals surface area contributed by atoms with Crippen LogP contribution in [0, 0.1) is 13.8 Å². The number of aliphatic hydroxyl groups is 1. The van der Waals surface area contributed by atoms with Crippen LogP contribution in [0.1, 0.15) is 72.7 Å². The topological polar surface area (TPSA) is 201 Å². The summed E-state index contributed by atoms with van der Waals surface area (Å²) in [4.78, 5) is 30.2. The number of carbonyl (C=O) groups excluding carboxylic acids is 1. The Hall–Kier alpha value is -4.98. The second-order valence-corrected chi connectivity index (χ2v) is 10.1. The van der Waals surface area contributed by atoms with E-state index in [1.165, 1.54) is 18.2 Å². The Morgan fingerprint density at radius 1 is 0.809 bits per heavy atom. The van der Waals surface area contributed by atoms with Gasteiger partial charge in [-0.05, 0) is 65.0 Å². The summed E-state index contributed by atoms with van der Waals surface area (Å²) in [5.74, 6) is -1.16. The lowest BCUT2D eigenvalue weighted by Crippen LogP contribution is -2.28. The highest BCUT2D eigenvalue weighted by Gasteiger charge is 2.16. The van der Waals surface area contributed by atoms with Gasteiger partial charge in [0.15, 0.2) is 34.5 Å². The Morgan fingerprint density at radius 3 is 1.83 bits per heavy atom. The van der Waals surface area contributed by atoms with E-state index in [0.29, 0.717) is 53.8 Å². The standard InChI is InChI=1S/C11H11NO3.C9H9NO2.C7H7NO3.C7H16O2/c1-3-14-11(13)8-5-4-6-9-10(8)15-7(2)12-9;1-6-10-8-4-2-3-7(5-11)9(8)12-6;8-5-3-1-2-4(6(5)9)7(10)11;1-5-8-7(3,4)9-6-2/h4-6H,3H2,1-2H3;2-4,11H,5H2,1H3;1-3,9H,8H2,(H,10,11);5-6H2,1-4H3. The molecule has 0 radical (unpaired) electrons. The number of ether oxygens (including phenoxy) is 3. The van der Waals surface area contributed by atoms with Gasteiger partial charge in [-0.1, -0.05) is 24.3 Å². The molecule has 0 aliphatic rings. The maximum Gasteiger partial charge on any atom is 0.342 e. The van der Waals surface area contributed by atoms with Gasteiger partial charge in [0.25, 0.3) is 0 Å². The largest absolute Gasteiger partial charge is 0.505 e. The zero-order valence-electron chi connectivity index (χ0n) is 27.7. The van der Waals surface area contributed by atoms with Crippen LogP contribution in [0.2, 0.25) is 0 Å². The minimum atomic E-state index is -1.19. The summed E-state index contributed by atoms with van der Waals surface area (Å²) in [5.41, 5.74) is 9.02. The molecule has 0 bridgehead atoms. The van der Waals surface area contributed by atoms with E-state index >= 15 is 0 Å². The van der Waals surface area contributed by atoms with Crippen molar-refractivity contribution in [3.8, 4) is 5.75 Å². The molecule has 5 aromatic rings. The SMILES string of the molecule is CCOC(=O)c1cccc2nc(C)oc12.CCOC(C)(C)OCC.Cc1nc2cccc(CO)c2o1.Nc1cccc(C(=O)O)c1O. The van der Waals surface area contributed by atoms with Gasteiger partial charge in [-0.15, -0.1) is 0 Å². The molecule has 0 atom stereocenters. The van der Waals surface area contributed by atoms with Crippen LogP contribution in [0.3, 0.4) is 0 Å². The lowest BCUT2D eigenvalue weighted by Gasteiger charge is -2.23. The van der Waals surface area contributed by atoms with Crippen LogP contribution in [0.25, 0.3) is 22.2 Å². The maximum atomic E-state index is 11.6. The summed E-state index contributed by atoms with van der Waals surface area (Å²) in [6.45, 7) is 14.8. The lowest BCUT2D eigenvalue weighted by molar-refractivity contribution is -0.207. The van der Waals surface area contributed by atoms with E-state index in [4.69, 9.17) is 44.1 Å². The summed E-state index contributed by atoms with van der Waals surface area (Å²) in [5, 5.41) is 26.5. The van der Waals surface area contributed by atoms with Gasteiger partial charge in [0.05, 0.1) is 18.9 Å². The van der Waals surface area contributed by atoms with E-state index in [9.17, 15) is 9.59 Å². The molecule has 3 aromatic carbocycles. The fraction of sp³-hybridized carbons (Fsp3) is 0.353. The number of carbonyl (C=O) groups is 2. The number of para-hydroxylation sites is 3. The van der Waals surface area contributed by atoms with Gasteiger partial charge >= 0.3 is 11.9 Å². The first kappa shape index (κ1) is 38.2. The van der Waals surface area contributed by atoms with Crippen LogP contribution in [0.4, 0.5) is 5.69 Å². The number of hydrogen-bond donors (Lipinski definition) is 4. The average Bonchev–Trinajstić information content (AvgIpc) is 3.60. The lowest BCUT2D eigenvalue weighted by atomic mass is 10.2. The van der Waals surface area contributed by atoms with Crippen LogP contribution < -0.4 is 5.73 Å². The number of fused-ring (bicyclic) bond motifs is 2. The molecule has 2 heterocycles. The molecule has 0 aliphatic heterocycles. The van der Waals surface area contributed by atoms with E-state index in [1.54, 1.807) is 39.0 Å². The van der Waals surface area contributed by atoms with Crippen LogP contribution in [-0.4, -0.2) is 62.8 Å². The van der Waals surface area contributed by atoms with E-state index < -0.39 is 11.8 Å². The number of oxazole rings is 2. The number of benzene rings is 3. The quantitative estimate of drug-likeness (QED) is 0.0620. The Morgan fingerprint density at radius 2 is 1.32 bits per heavy atom. The van der Waals surface area contributed by atoms with Gasteiger partial charge in [0.2, 0.25) is 0 Å². The predicted molar refractivity (Wildman–Crippen MR) is 176 cm³/mol. The highest BCUT2D eigenvalue weighted by Crippen LogP contribution is 2.24. The third-order valence-electron chi connectivity index (χ3n) is 6.07. The normalized spacial score (nSPS) is 10.6. The number of phenols is 1. The molecule has 254 valence electrons. The Kier molecular flexibility index (Phi) is 14.8. The Bertz CT molecular complexity index is 1740. The molecule has 47 heavy (non-hydrogen) atoms. The maximum absolute atomic E-state index is 11.6. The first-order chi connectivity index (χ1) is 22.3. The molecular weight excluding hydrogens is 610 g/mol. The highest BCUT2D eigenvalue weighted by molar-refractivity contribution is 6.01. The molecule has 0 saturated carbocycles. The number of aromatic carboxylic acids is 1. The van der Waals surface area contributed by atoms with E-state index in [1.807, 2.05) is 45.9 Å². The van der Waals surface area contributed by atoms with Gasteiger partial charge in [-0.25, -0.2) is 19.6 Å². The monoisotopic (exact) mass is 653 g/mol. The van der Waals surface area contributed by atoms with Crippen molar-refractivity contribution in [3.63, 3.8) is 0 Å². The number of carboxylic acid groups (broad SMARTS) is 1. The summed E-state index contributed by atoms with van der Waals surface area (Å²) in [6, 6.07) is 15.0. The number of aromatic hydroxyl groups is 1. The van der Waals surface area contributed by atoms with Gasteiger partial charge < -0.3 is 44.1 Å². The van der Waals surface area contributed by atoms with Crippen LogP contribution in [0.15, 0.2) is 63.4 Å². The van der Waals surface area contributed by atoms with Crippen molar-refractivity contribution < 1.29 is 48.0 Å². The molecule has 5 N–H and O–H groups in total. The molecule has 0 fully saturated rings. The van der Waals surface area contributed by atoms with Crippen molar-refractivity contribution >= 4 is 39.8 Å². The summed E-state index contributed by atoms with van der Waals surface area (Å²) in [6.07, 6.45) is 0. The predicted octanol–water partition coefficient (Wildman–Crippen LogP) is 6.41. The first-order valence-electron chi connectivity index (χ1n) is 14.9. The van der Waals surface area contributed by atoms with Gasteiger partial charge in [0.1, 0.15) is 22.2 Å². The molecule has 0 spiro atoms. The molecule has 0 amide bonds. The number of aliphatic hydroxyl groups excluding tert-OH is 1. The fourth-order valence-electron chi connectivity index (χ4n) is 4.14. The third-order valence-corrected chi connectivity index (χ3v) is 6.07. The molecular formula is C34H43N3O10. The van der Waals surface area contributed by atoms with Crippen molar-refractivity contribution in [1.29, 1.82) is 0 Å². The van der Waals surface area contributed by atoms with Crippen LogP contribution >= 0.6 is 0 Å². The summed E-state index contributed by atoms with van der Waals surface area (Å²) >= 11 is 0. The zero-order valence-corrected chi connectivity index (χ0v) is 27.7. The molecule has 0 saturated heterocycles. The van der Waals surface area contributed by atoms with Crippen molar-refractivity contribution in [1.82, 2.24) is 9.97 Å². The number of anilines is 1. The second-order valence-electron chi connectivity index (χ2n) is 10.1. The third kappa shape index (κ3) is 11.4. The Labute approximate surface area is 272 Å². The molecule has 0 unspecified atom stereocenters. The number of hydrogen-bond acceptors (Lipinski definition) is 12. The van der Waals surface area contributed by atoms with Crippen molar-refractivity contribution in [2.45, 2.75) is 60.9 Å². The van der Waals surface area contributed by atoms with Crippen molar-refractivity contribution in [2.24, 2.45) is 0 Å². The van der Waals surface area contributed by atoms with Gasteiger partial charge in [0, 0.05) is 32.6 Å².